The van der Waals surface area contributed by atoms with Crippen molar-refractivity contribution < 1.29 is 19.4 Å². The average molecular weight is 542 g/mol. The van der Waals surface area contributed by atoms with Gasteiger partial charge in [-0.15, -0.1) is 15.3 Å². The minimum Gasteiger partial charge on any atom is -0.444 e. The van der Waals surface area contributed by atoms with Gasteiger partial charge in [0, 0.05) is 13.0 Å². The first-order valence-electron chi connectivity index (χ1n) is 12.5. The predicted molar refractivity (Wildman–Crippen MR) is 146 cm³/mol. The van der Waals surface area contributed by atoms with Crippen molar-refractivity contribution in [1.82, 2.24) is 25.7 Å². The molecule has 38 heavy (non-hydrogen) atoms. The van der Waals surface area contributed by atoms with Gasteiger partial charge in [0.2, 0.25) is 11.0 Å². The highest BCUT2D eigenvalue weighted by Gasteiger charge is 2.16. The zero-order valence-corrected chi connectivity index (χ0v) is 23.0. The lowest BCUT2D eigenvalue weighted by Crippen LogP contribution is -2.32. The number of aliphatic hydroxyl groups excluding tert-OH is 1. The van der Waals surface area contributed by atoms with Gasteiger partial charge in [0.25, 0.3) is 0 Å². The van der Waals surface area contributed by atoms with Crippen LogP contribution in [0, 0.1) is 0 Å². The molecule has 0 aliphatic rings. The molecule has 0 spiro atoms. The molecule has 0 radical (unpaired) electrons. The molecule has 2 aromatic heterocycles. The number of carbonyl (C=O) groups excluding carboxylic acids is 2. The van der Waals surface area contributed by atoms with E-state index in [2.05, 4.69) is 36.3 Å². The van der Waals surface area contributed by atoms with Crippen molar-refractivity contribution in [2.45, 2.75) is 78.2 Å². The Bertz CT molecular complexity index is 1190. The molecule has 0 bridgehead atoms. The number of alkyl carbamates (subject to hydrolysis) is 1. The molecule has 0 aliphatic carbocycles. The minimum atomic E-state index is -0.659. The molecule has 1 unspecified atom stereocenters. The second kappa shape index (κ2) is 13.8. The number of aliphatic hydroxyl groups is 1. The topological polar surface area (TPSA) is 151 Å². The van der Waals surface area contributed by atoms with Gasteiger partial charge in [-0.05, 0) is 70.2 Å². The van der Waals surface area contributed by atoms with Crippen LogP contribution in [-0.4, -0.2) is 49.3 Å². The number of hydrogen-bond acceptors (Lipinski definition) is 10. The summed E-state index contributed by atoms with van der Waals surface area (Å²) in [5.74, 6) is 0.194. The Kier molecular flexibility index (Phi) is 10.5. The Labute approximate surface area is 226 Å². The van der Waals surface area contributed by atoms with E-state index in [0.717, 1.165) is 47.5 Å². The monoisotopic (exact) mass is 541 g/mol. The summed E-state index contributed by atoms with van der Waals surface area (Å²) >= 11 is 1.44. The Balaban J connectivity index is 1.39. The number of benzene rings is 1. The van der Waals surface area contributed by atoms with Crippen molar-refractivity contribution in [2.24, 2.45) is 0 Å². The maximum absolute atomic E-state index is 12.5. The van der Waals surface area contributed by atoms with Crippen LogP contribution in [0.1, 0.15) is 62.4 Å². The van der Waals surface area contributed by atoms with Gasteiger partial charge in [-0.3, -0.25) is 4.79 Å². The quantitative estimate of drug-likeness (QED) is 0.198. The van der Waals surface area contributed by atoms with Crippen molar-refractivity contribution >= 4 is 34.3 Å². The standard InChI is InChI=1S/C26H35N7O4S/c1-17(34)28-24-33-32-23(38-24)11-6-5-10-20-12-13-21(31-30-20)29-22(35)15-18-8-7-9-19(14-18)16-27-25(36)37-26(2,3)4/h7-9,12-14,17,34H,5-6,10-11,15-16H2,1-4H3,(H,27,36)(H,28,33)(H,29,31,35). The number of aromatic nitrogens is 4. The van der Waals surface area contributed by atoms with Gasteiger partial charge < -0.3 is 25.8 Å². The summed E-state index contributed by atoms with van der Waals surface area (Å²) in [6, 6.07) is 11.1. The summed E-state index contributed by atoms with van der Waals surface area (Å²) in [5.41, 5.74) is 1.98. The molecule has 4 N–H and O–H groups in total. The van der Waals surface area contributed by atoms with Gasteiger partial charge >= 0.3 is 6.09 Å². The third kappa shape index (κ3) is 10.8. The van der Waals surface area contributed by atoms with Crippen LogP contribution < -0.4 is 16.0 Å². The second-order valence-corrected chi connectivity index (χ2v) is 10.9. The Morgan fingerprint density at radius 3 is 2.50 bits per heavy atom. The zero-order chi connectivity index (χ0) is 27.5. The van der Waals surface area contributed by atoms with E-state index >= 15 is 0 Å². The number of unbranched alkanes of at least 4 members (excludes halogenated alkanes) is 1. The molecular weight excluding hydrogens is 506 g/mol. The first kappa shape index (κ1) is 28.9. The number of nitrogens with zero attached hydrogens (tertiary/aromatic N) is 4. The first-order chi connectivity index (χ1) is 18.1. The summed E-state index contributed by atoms with van der Waals surface area (Å²) in [5, 5.41) is 35.7. The molecule has 1 aromatic carbocycles. The third-order valence-electron chi connectivity index (χ3n) is 5.05. The molecular formula is C26H35N7O4S. The number of amides is 2. The fourth-order valence-corrected chi connectivity index (χ4v) is 4.31. The summed E-state index contributed by atoms with van der Waals surface area (Å²) in [4.78, 5) is 24.4. The van der Waals surface area contributed by atoms with Crippen LogP contribution in [0.5, 0.6) is 0 Å². The zero-order valence-electron chi connectivity index (χ0n) is 22.2. The van der Waals surface area contributed by atoms with Crippen LogP contribution >= 0.6 is 11.3 Å². The summed E-state index contributed by atoms with van der Waals surface area (Å²) in [6.07, 6.45) is 2.44. The van der Waals surface area contributed by atoms with E-state index in [0.29, 0.717) is 17.5 Å². The maximum atomic E-state index is 12.5. The van der Waals surface area contributed by atoms with Crippen molar-refractivity contribution in [3.05, 3.63) is 58.2 Å². The van der Waals surface area contributed by atoms with E-state index in [4.69, 9.17) is 4.74 Å². The number of hydrogen-bond donors (Lipinski definition) is 4. The third-order valence-corrected chi connectivity index (χ3v) is 5.97. The highest BCUT2D eigenvalue weighted by Crippen LogP contribution is 2.18. The number of aryl methyl sites for hydroxylation is 2. The number of ether oxygens (including phenoxy) is 1. The van der Waals surface area contributed by atoms with Gasteiger partial charge in [0.05, 0.1) is 12.1 Å². The number of carbonyl (C=O) groups is 2. The van der Waals surface area contributed by atoms with Crippen molar-refractivity contribution in [1.29, 1.82) is 0 Å². The maximum Gasteiger partial charge on any atom is 0.407 e. The van der Waals surface area contributed by atoms with E-state index in [9.17, 15) is 14.7 Å². The molecule has 12 heteroatoms. The molecule has 3 aromatic rings. The molecule has 0 aliphatic heterocycles. The van der Waals surface area contributed by atoms with Crippen LogP contribution in [-0.2, 0) is 35.3 Å². The molecule has 1 atom stereocenters. The second-order valence-electron chi connectivity index (χ2n) is 9.84. The van der Waals surface area contributed by atoms with E-state index in [1.165, 1.54) is 11.3 Å². The largest absolute Gasteiger partial charge is 0.444 e. The van der Waals surface area contributed by atoms with E-state index in [-0.39, 0.29) is 12.3 Å². The highest BCUT2D eigenvalue weighted by atomic mass is 32.1. The van der Waals surface area contributed by atoms with Crippen molar-refractivity contribution in [3.63, 3.8) is 0 Å². The van der Waals surface area contributed by atoms with Crippen LogP contribution in [0.3, 0.4) is 0 Å². The van der Waals surface area contributed by atoms with Crippen LogP contribution in [0.2, 0.25) is 0 Å². The SMILES string of the molecule is CC(O)Nc1nnc(CCCCc2ccc(NC(=O)Cc3cccc(CNC(=O)OC(C)(C)C)c3)nn2)s1. The lowest BCUT2D eigenvalue weighted by molar-refractivity contribution is -0.115. The molecule has 0 saturated carbocycles. The Morgan fingerprint density at radius 2 is 1.79 bits per heavy atom. The average Bonchev–Trinajstić information content (AvgIpc) is 3.27. The van der Waals surface area contributed by atoms with Gasteiger partial charge in [0.15, 0.2) is 5.82 Å². The molecule has 2 heterocycles. The Morgan fingerprint density at radius 1 is 1.03 bits per heavy atom. The van der Waals surface area contributed by atoms with Gasteiger partial charge in [-0.1, -0.05) is 35.6 Å². The normalized spacial score (nSPS) is 12.0. The Hall–Kier alpha value is -3.64. The molecule has 3 rings (SSSR count). The lowest BCUT2D eigenvalue weighted by Gasteiger charge is -2.19. The number of rotatable bonds is 12. The smallest absolute Gasteiger partial charge is 0.407 e. The number of nitrogens with one attached hydrogen (secondary N) is 3. The van der Waals surface area contributed by atoms with Gasteiger partial charge in [-0.25, -0.2) is 4.79 Å². The molecule has 2 amide bonds. The minimum absolute atomic E-state index is 0.170. The van der Waals surface area contributed by atoms with E-state index in [1.807, 2.05) is 51.1 Å². The summed E-state index contributed by atoms with van der Waals surface area (Å²) < 4.78 is 5.25. The fourth-order valence-electron chi connectivity index (χ4n) is 3.44. The number of anilines is 2. The van der Waals surface area contributed by atoms with Crippen molar-refractivity contribution in [2.75, 3.05) is 10.6 Å². The first-order valence-corrected chi connectivity index (χ1v) is 13.3. The van der Waals surface area contributed by atoms with Crippen LogP contribution in [0.15, 0.2) is 36.4 Å². The van der Waals surface area contributed by atoms with E-state index in [1.54, 1.807) is 13.0 Å². The van der Waals surface area contributed by atoms with Crippen LogP contribution in [0.4, 0.5) is 15.7 Å². The molecule has 0 saturated heterocycles. The summed E-state index contributed by atoms with van der Waals surface area (Å²) in [7, 11) is 0. The fraction of sp³-hybridized carbons (Fsp3) is 0.462. The van der Waals surface area contributed by atoms with Gasteiger partial charge in [-0.2, -0.15) is 5.10 Å². The molecule has 11 nitrogen and oxygen atoms in total. The van der Waals surface area contributed by atoms with E-state index < -0.39 is 17.9 Å². The molecule has 0 fully saturated rings. The van der Waals surface area contributed by atoms with Gasteiger partial charge in [0.1, 0.15) is 16.8 Å². The summed E-state index contributed by atoms with van der Waals surface area (Å²) in [6.45, 7) is 7.36. The predicted octanol–water partition coefficient (Wildman–Crippen LogP) is 3.85. The molecule has 204 valence electrons. The lowest BCUT2D eigenvalue weighted by atomic mass is 10.1. The highest BCUT2D eigenvalue weighted by molar-refractivity contribution is 7.15. The van der Waals surface area contributed by atoms with Crippen molar-refractivity contribution in [3.8, 4) is 0 Å². The van der Waals surface area contributed by atoms with Crippen LogP contribution in [0.25, 0.3) is 0 Å².